The first kappa shape index (κ1) is 33.6. The molecule has 3 amide bonds. The molecule has 15 heteroatoms. The molecule has 0 bridgehead atoms. The average Bonchev–Trinajstić information content (AvgIpc) is 3.11. The minimum Gasteiger partial charge on any atom is -0.466 e. The van der Waals surface area contributed by atoms with E-state index in [1.807, 2.05) is 0 Å². The second-order valence-corrected chi connectivity index (χ2v) is 12.6. The number of esters is 1. The number of carbonyl (C=O) groups excluding carboxylic acids is 4. The van der Waals surface area contributed by atoms with Gasteiger partial charge in [-0.3, -0.25) is 15.4 Å². The van der Waals surface area contributed by atoms with Gasteiger partial charge in [-0.25, -0.2) is 14.4 Å². The fourth-order valence-corrected chi connectivity index (χ4v) is 3.24. The van der Waals surface area contributed by atoms with E-state index in [0.29, 0.717) is 0 Å². The number of hydrogen-bond donors (Lipinski definition) is 2. The third-order valence-corrected chi connectivity index (χ3v) is 4.65. The molecule has 0 saturated carbocycles. The van der Waals surface area contributed by atoms with E-state index in [9.17, 15) is 19.2 Å². The monoisotopic (exact) mass is 600 g/mol. The summed E-state index contributed by atoms with van der Waals surface area (Å²) in [5.41, 5.74) is -3.28. The van der Waals surface area contributed by atoms with Crippen molar-refractivity contribution in [3.8, 4) is 0 Å². The van der Waals surface area contributed by atoms with Gasteiger partial charge in [0.1, 0.15) is 23.5 Å². The summed E-state index contributed by atoms with van der Waals surface area (Å²) in [5, 5.41) is 5.04. The Labute approximate surface area is 237 Å². The molecule has 1 rings (SSSR count). The Morgan fingerprint density at radius 2 is 1.58 bits per heavy atom. The maximum Gasteiger partial charge on any atom is 0.437 e. The van der Waals surface area contributed by atoms with Crippen molar-refractivity contribution < 1.29 is 38.1 Å². The molecule has 0 aliphatic carbocycles. The number of guanidine groups is 1. The molecular weight excluding hydrogens is 567 g/mol. The number of aliphatic imine (C=N–C) groups is 1. The standard InChI is InChI=1S/C23H35Cl3N4O8/c1-8-35-15(31)10-12-22(29-19(34)36-14-23(24,25)26)11-9-13-30(22)16(27-17(32)37-20(2,3)4)28-18(33)38-21(5,6)7/h9,11H,8,10,12-14H2,1-7H3,(H,29,34)(H,27,28,32,33). The van der Waals surface area contributed by atoms with Crippen molar-refractivity contribution in [3.63, 3.8) is 0 Å². The fourth-order valence-electron chi connectivity index (χ4n) is 3.08. The third-order valence-electron chi connectivity index (χ3n) is 4.32. The number of ether oxygens (including phenoxy) is 4. The molecule has 1 aliphatic heterocycles. The summed E-state index contributed by atoms with van der Waals surface area (Å²) in [5.74, 6) is -0.863. The molecule has 0 spiro atoms. The van der Waals surface area contributed by atoms with Crippen LogP contribution in [0.25, 0.3) is 0 Å². The first-order valence-electron chi connectivity index (χ1n) is 11.7. The van der Waals surface area contributed by atoms with Crippen LogP contribution in [0.5, 0.6) is 0 Å². The van der Waals surface area contributed by atoms with Crippen LogP contribution in [-0.2, 0) is 23.7 Å². The largest absolute Gasteiger partial charge is 0.466 e. The van der Waals surface area contributed by atoms with Gasteiger partial charge in [-0.05, 0) is 54.5 Å². The highest BCUT2D eigenvalue weighted by molar-refractivity contribution is 6.67. The first-order chi connectivity index (χ1) is 17.3. The van der Waals surface area contributed by atoms with E-state index in [1.165, 1.54) is 4.90 Å². The first-order valence-corrected chi connectivity index (χ1v) is 12.8. The maximum atomic E-state index is 12.7. The molecule has 0 aromatic heterocycles. The van der Waals surface area contributed by atoms with Crippen LogP contribution >= 0.6 is 34.8 Å². The van der Waals surface area contributed by atoms with Crippen molar-refractivity contribution in [2.75, 3.05) is 19.8 Å². The SMILES string of the molecule is CCOC(=O)CCC1(NC(=O)OCC(Cl)(Cl)Cl)C=CCN1C(=NC(=O)OC(C)(C)C)NC(=O)OC(C)(C)C. The lowest BCUT2D eigenvalue weighted by atomic mass is 10.0. The Hall–Kier alpha value is -2.44. The lowest BCUT2D eigenvalue weighted by molar-refractivity contribution is -0.143. The summed E-state index contributed by atoms with van der Waals surface area (Å²) in [6, 6.07) is 0. The third kappa shape index (κ3) is 12.9. The number of carbonyl (C=O) groups is 4. The smallest absolute Gasteiger partial charge is 0.437 e. The molecule has 0 radical (unpaired) electrons. The summed E-state index contributed by atoms with van der Waals surface area (Å²) in [6.45, 7) is 11.2. The van der Waals surface area contributed by atoms with Crippen molar-refractivity contribution in [1.29, 1.82) is 0 Å². The van der Waals surface area contributed by atoms with Gasteiger partial charge in [-0.1, -0.05) is 40.9 Å². The molecule has 0 fully saturated rings. The van der Waals surface area contributed by atoms with Crippen molar-refractivity contribution in [3.05, 3.63) is 12.2 Å². The summed E-state index contributed by atoms with van der Waals surface area (Å²) in [6.07, 6.45) is -0.0181. The highest BCUT2D eigenvalue weighted by Crippen LogP contribution is 2.29. The van der Waals surface area contributed by atoms with E-state index in [1.54, 1.807) is 60.6 Å². The molecule has 1 aliphatic rings. The zero-order valence-corrected chi connectivity index (χ0v) is 24.8. The molecule has 0 aromatic carbocycles. The fraction of sp³-hybridized carbons (Fsp3) is 0.696. The topological polar surface area (TPSA) is 145 Å². The molecule has 2 N–H and O–H groups in total. The number of alkyl carbamates (subject to hydrolysis) is 2. The minimum atomic E-state index is -1.87. The van der Waals surface area contributed by atoms with E-state index in [2.05, 4.69) is 15.6 Å². The molecule has 1 unspecified atom stereocenters. The molecule has 0 saturated heterocycles. The van der Waals surface area contributed by atoms with Crippen LogP contribution in [0.15, 0.2) is 17.1 Å². The lowest BCUT2D eigenvalue weighted by Crippen LogP contribution is -2.62. The van der Waals surface area contributed by atoms with Gasteiger partial charge >= 0.3 is 24.2 Å². The zero-order valence-electron chi connectivity index (χ0n) is 22.5. The zero-order chi connectivity index (χ0) is 29.4. The van der Waals surface area contributed by atoms with Gasteiger partial charge in [0.05, 0.1) is 6.61 Å². The number of halogens is 3. The van der Waals surface area contributed by atoms with Gasteiger partial charge in [0.15, 0.2) is 0 Å². The van der Waals surface area contributed by atoms with E-state index in [4.69, 9.17) is 53.8 Å². The van der Waals surface area contributed by atoms with E-state index < -0.39 is 51.5 Å². The summed E-state index contributed by atoms with van der Waals surface area (Å²) < 4.78 is 18.7. The van der Waals surface area contributed by atoms with Crippen molar-refractivity contribution in [2.24, 2.45) is 4.99 Å². The Morgan fingerprint density at radius 3 is 2.11 bits per heavy atom. The molecule has 38 heavy (non-hydrogen) atoms. The molecular formula is C23H35Cl3N4O8. The Balaban J connectivity index is 3.43. The molecule has 216 valence electrons. The van der Waals surface area contributed by atoms with Crippen LogP contribution in [0.2, 0.25) is 0 Å². The van der Waals surface area contributed by atoms with Crippen LogP contribution in [0.4, 0.5) is 14.4 Å². The number of alkyl halides is 3. The van der Waals surface area contributed by atoms with Crippen LogP contribution < -0.4 is 10.6 Å². The van der Waals surface area contributed by atoms with Gasteiger partial charge < -0.3 is 23.8 Å². The van der Waals surface area contributed by atoms with Gasteiger partial charge in [-0.15, -0.1) is 4.99 Å². The number of rotatable bonds is 6. The van der Waals surface area contributed by atoms with E-state index in [-0.39, 0.29) is 32.0 Å². The molecule has 1 heterocycles. The van der Waals surface area contributed by atoms with E-state index >= 15 is 0 Å². The summed E-state index contributed by atoms with van der Waals surface area (Å²) in [4.78, 5) is 55.4. The quantitative estimate of drug-likeness (QED) is 0.109. The second kappa shape index (κ2) is 13.6. The highest BCUT2D eigenvalue weighted by atomic mass is 35.6. The van der Waals surface area contributed by atoms with Crippen molar-refractivity contribution >= 4 is 65.0 Å². The highest BCUT2D eigenvalue weighted by Gasteiger charge is 2.43. The predicted octanol–water partition coefficient (Wildman–Crippen LogP) is 4.81. The normalized spacial score (nSPS) is 18.1. The minimum absolute atomic E-state index is 0.0466. The number of nitrogens with one attached hydrogen (secondary N) is 2. The molecule has 1 atom stereocenters. The number of amides is 3. The Morgan fingerprint density at radius 1 is 0.974 bits per heavy atom. The lowest BCUT2D eigenvalue weighted by Gasteiger charge is -2.39. The van der Waals surface area contributed by atoms with Crippen LogP contribution in [0.1, 0.15) is 61.3 Å². The molecule has 12 nitrogen and oxygen atoms in total. The van der Waals surface area contributed by atoms with Gasteiger partial charge in [0, 0.05) is 19.4 Å². The van der Waals surface area contributed by atoms with E-state index in [0.717, 1.165) is 0 Å². The average molecular weight is 602 g/mol. The van der Waals surface area contributed by atoms with Gasteiger partial charge in [0.2, 0.25) is 9.75 Å². The van der Waals surface area contributed by atoms with Gasteiger partial charge in [0.25, 0.3) is 0 Å². The summed E-state index contributed by atoms with van der Waals surface area (Å²) >= 11 is 17.0. The molecule has 0 aromatic rings. The van der Waals surface area contributed by atoms with Crippen LogP contribution in [0.3, 0.4) is 0 Å². The number of hydrogen-bond acceptors (Lipinski definition) is 8. The second-order valence-electron chi connectivity index (χ2n) is 10.1. The van der Waals surface area contributed by atoms with Crippen molar-refractivity contribution in [2.45, 2.75) is 82.0 Å². The predicted molar refractivity (Wildman–Crippen MR) is 142 cm³/mol. The van der Waals surface area contributed by atoms with Gasteiger partial charge in [-0.2, -0.15) is 0 Å². The summed E-state index contributed by atoms with van der Waals surface area (Å²) in [7, 11) is 0. The Kier molecular flexibility index (Phi) is 12.0. The van der Waals surface area contributed by atoms with Crippen LogP contribution in [0, 0.1) is 0 Å². The van der Waals surface area contributed by atoms with Crippen LogP contribution in [-0.4, -0.2) is 75.5 Å². The maximum absolute atomic E-state index is 12.7. The number of nitrogens with zero attached hydrogens (tertiary/aromatic N) is 2. The van der Waals surface area contributed by atoms with Crippen molar-refractivity contribution in [1.82, 2.24) is 15.5 Å². The Bertz CT molecular complexity index is 938.